The summed E-state index contributed by atoms with van der Waals surface area (Å²) in [5, 5.41) is 8.69. The number of amides is 1. The standard InChI is InChI=1S/C20H22ClN5O2/c1-2-16-17-18(23-12-24-20(17)28-25-16)26-9-3-4-14(11-26)19(27)22-10-13-5-7-15(21)8-6-13/h5-8,12,14H,2-4,9-11H2,1H3,(H,22,27)/t14-/m0/s1. The Hall–Kier alpha value is -2.67. The number of carbonyl (C=O) groups is 1. The highest BCUT2D eigenvalue weighted by molar-refractivity contribution is 6.30. The van der Waals surface area contributed by atoms with Crippen molar-refractivity contribution in [1.29, 1.82) is 0 Å². The van der Waals surface area contributed by atoms with E-state index in [9.17, 15) is 4.79 Å². The summed E-state index contributed by atoms with van der Waals surface area (Å²) in [6, 6.07) is 7.50. The number of aromatic nitrogens is 3. The number of nitrogens with one attached hydrogen (secondary N) is 1. The number of anilines is 1. The van der Waals surface area contributed by atoms with Crippen LogP contribution in [-0.4, -0.2) is 34.1 Å². The largest absolute Gasteiger partial charge is 0.355 e. The average molecular weight is 400 g/mol. The summed E-state index contributed by atoms with van der Waals surface area (Å²) in [5.74, 6) is 0.778. The lowest BCUT2D eigenvalue weighted by atomic mass is 9.96. The number of aryl methyl sites for hydroxylation is 1. The molecule has 1 N–H and O–H groups in total. The van der Waals surface area contributed by atoms with Gasteiger partial charge in [0.2, 0.25) is 5.91 Å². The molecule has 28 heavy (non-hydrogen) atoms. The van der Waals surface area contributed by atoms with Gasteiger partial charge in [-0.05, 0) is 37.0 Å². The number of nitrogens with zero attached hydrogens (tertiary/aromatic N) is 4. The molecule has 0 saturated carbocycles. The van der Waals surface area contributed by atoms with E-state index in [-0.39, 0.29) is 11.8 Å². The van der Waals surface area contributed by atoms with Gasteiger partial charge in [-0.25, -0.2) is 4.98 Å². The van der Waals surface area contributed by atoms with Crippen molar-refractivity contribution in [2.75, 3.05) is 18.0 Å². The van der Waals surface area contributed by atoms with E-state index in [1.807, 2.05) is 31.2 Å². The number of piperidine rings is 1. The number of hydrogen-bond acceptors (Lipinski definition) is 6. The third-order valence-corrected chi connectivity index (χ3v) is 5.38. The first-order valence-corrected chi connectivity index (χ1v) is 9.90. The predicted octanol–water partition coefficient (Wildman–Crippen LogP) is 3.37. The summed E-state index contributed by atoms with van der Waals surface area (Å²) in [5.41, 5.74) is 2.37. The van der Waals surface area contributed by atoms with Crippen molar-refractivity contribution < 1.29 is 9.32 Å². The minimum Gasteiger partial charge on any atom is -0.355 e. The molecular weight excluding hydrogens is 378 g/mol. The zero-order chi connectivity index (χ0) is 19.5. The van der Waals surface area contributed by atoms with Crippen molar-refractivity contribution in [3.05, 3.63) is 46.9 Å². The van der Waals surface area contributed by atoms with E-state index < -0.39 is 0 Å². The van der Waals surface area contributed by atoms with E-state index in [0.717, 1.165) is 48.3 Å². The fourth-order valence-electron chi connectivity index (χ4n) is 3.63. The molecule has 1 amide bonds. The van der Waals surface area contributed by atoms with E-state index in [0.29, 0.717) is 23.8 Å². The summed E-state index contributed by atoms with van der Waals surface area (Å²) in [6.07, 6.45) is 4.03. The molecule has 0 aliphatic carbocycles. The molecule has 8 heteroatoms. The Balaban J connectivity index is 1.46. The normalized spacial score (nSPS) is 17.1. The van der Waals surface area contributed by atoms with Crippen LogP contribution in [0.15, 0.2) is 35.1 Å². The van der Waals surface area contributed by atoms with Crippen molar-refractivity contribution in [2.45, 2.75) is 32.7 Å². The molecule has 1 aliphatic heterocycles. The Morgan fingerprint density at radius 1 is 1.32 bits per heavy atom. The minimum absolute atomic E-state index is 0.0611. The number of fused-ring (bicyclic) bond motifs is 1. The van der Waals surface area contributed by atoms with Gasteiger partial charge in [-0.1, -0.05) is 35.8 Å². The van der Waals surface area contributed by atoms with Crippen LogP contribution in [0.2, 0.25) is 5.02 Å². The van der Waals surface area contributed by atoms with Crippen LogP contribution in [0.5, 0.6) is 0 Å². The monoisotopic (exact) mass is 399 g/mol. The molecule has 0 unspecified atom stereocenters. The summed E-state index contributed by atoms with van der Waals surface area (Å²) in [7, 11) is 0. The van der Waals surface area contributed by atoms with Crippen LogP contribution < -0.4 is 10.2 Å². The lowest BCUT2D eigenvalue weighted by molar-refractivity contribution is -0.125. The Morgan fingerprint density at radius 3 is 2.93 bits per heavy atom. The zero-order valence-corrected chi connectivity index (χ0v) is 16.4. The summed E-state index contributed by atoms with van der Waals surface area (Å²) >= 11 is 5.91. The molecule has 146 valence electrons. The van der Waals surface area contributed by atoms with Gasteiger partial charge in [0.25, 0.3) is 5.71 Å². The van der Waals surface area contributed by atoms with E-state index in [1.165, 1.54) is 6.33 Å². The molecular formula is C20H22ClN5O2. The number of benzene rings is 1. The van der Waals surface area contributed by atoms with Crippen LogP contribution >= 0.6 is 11.6 Å². The second-order valence-electron chi connectivity index (χ2n) is 6.99. The van der Waals surface area contributed by atoms with E-state index in [1.54, 1.807) is 0 Å². The fourth-order valence-corrected chi connectivity index (χ4v) is 3.75. The molecule has 1 saturated heterocycles. The summed E-state index contributed by atoms with van der Waals surface area (Å²) in [4.78, 5) is 23.5. The fraction of sp³-hybridized carbons (Fsp3) is 0.400. The molecule has 3 aromatic rings. The number of carbonyl (C=O) groups excluding carboxylic acids is 1. The van der Waals surface area contributed by atoms with Crippen LogP contribution in [-0.2, 0) is 17.8 Å². The highest BCUT2D eigenvalue weighted by Gasteiger charge is 2.28. The molecule has 0 radical (unpaired) electrons. The maximum atomic E-state index is 12.7. The van der Waals surface area contributed by atoms with Crippen molar-refractivity contribution in [3.8, 4) is 0 Å². The molecule has 0 spiro atoms. The van der Waals surface area contributed by atoms with Gasteiger partial charge in [-0.15, -0.1) is 0 Å². The van der Waals surface area contributed by atoms with Gasteiger partial charge in [-0.3, -0.25) is 4.79 Å². The van der Waals surface area contributed by atoms with Crippen molar-refractivity contribution in [2.24, 2.45) is 5.92 Å². The maximum absolute atomic E-state index is 12.7. The molecule has 7 nitrogen and oxygen atoms in total. The third-order valence-electron chi connectivity index (χ3n) is 5.13. The summed E-state index contributed by atoms with van der Waals surface area (Å²) < 4.78 is 5.33. The molecule has 1 fully saturated rings. The van der Waals surface area contributed by atoms with Gasteiger partial charge in [0, 0.05) is 24.7 Å². The van der Waals surface area contributed by atoms with Gasteiger partial charge >= 0.3 is 0 Å². The van der Waals surface area contributed by atoms with Crippen LogP contribution in [0.3, 0.4) is 0 Å². The highest BCUT2D eigenvalue weighted by atomic mass is 35.5. The SMILES string of the molecule is CCc1noc2ncnc(N3CCC[C@H](C(=O)NCc4ccc(Cl)cc4)C3)c12. The first-order valence-electron chi connectivity index (χ1n) is 9.52. The number of hydrogen-bond donors (Lipinski definition) is 1. The van der Waals surface area contributed by atoms with Crippen molar-refractivity contribution in [3.63, 3.8) is 0 Å². The second kappa shape index (κ2) is 8.14. The van der Waals surface area contributed by atoms with Crippen LogP contribution in [0, 0.1) is 5.92 Å². The Kier molecular flexibility index (Phi) is 5.43. The molecule has 4 rings (SSSR count). The second-order valence-corrected chi connectivity index (χ2v) is 7.43. The summed E-state index contributed by atoms with van der Waals surface area (Å²) in [6.45, 7) is 3.99. The molecule has 0 bridgehead atoms. The quantitative estimate of drug-likeness (QED) is 0.708. The minimum atomic E-state index is -0.0870. The third kappa shape index (κ3) is 3.80. The molecule has 3 heterocycles. The van der Waals surface area contributed by atoms with Gasteiger partial charge in [0.15, 0.2) is 0 Å². The smallest absolute Gasteiger partial charge is 0.263 e. The van der Waals surface area contributed by atoms with E-state index in [4.69, 9.17) is 16.1 Å². The topological polar surface area (TPSA) is 84.2 Å². The first-order chi connectivity index (χ1) is 13.7. The van der Waals surface area contributed by atoms with Gasteiger partial charge < -0.3 is 14.7 Å². The average Bonchev–Trinajstić information content (AvgIpc) is 3.16. The number of rotatable bonds is 5. The lowest BCUT2D eigenvalue weighted by Gasteiger charge is -2.33. The van der Waals surface area contributed by atoms with E-state index >= 15 is 0 Å². The number of halogens is 1. The van der Waals surface area contributed by atoms with E-state index in [2.05, 4.69) is 25.3 Å². The van der Waals surface area contributed by atoms with Crippen molar-refractivity contribution >= 4 is 34.4 Å². The van der Waals surface area contributed by atoms with Gasteiger partial charge in [0.1, 0.15) is 17.5 Å². The highest BCUT2D eigenvalue weighted by Crippen LogP contribution is 2.30. The molecule has 1 aliphatic rings. The lowest BCUT2D eigenvalue weighted by Crippen LogP contribution is -2.43. The Bertz CT molecular complexity index is 972. The van der Waals surface area contributed by atoms with Crippen LogP contribution in [0.1, 0.15) is 31.0 Å². The van der Waals surface area contributed by atoms with Crippen LogP contribution in [0.25, 0.3) is 11.1 Å². The molecule has 1 atom stereocenters. The van der Waals surface area contributed by atoms with Gasteiger partial charge in [0.05, 0.1) is 11.6 Å². The van der Waals surface area contributed by atoms with Crippen LogP contribution in [0.4, 0.5) is 5.82 Å². The molecule has 1 aromatic carbocycles. The Morgan fingerprint density at radius 2 is 2.14 bits per heavy atom. The molecule has 2 aromatic heterocycles. The van der Waals surface area contributed by atoms with Gasteiger partial charge in [-0.2, -0.15) is 4.98 Å². The Labute approximate surface area is 168 Å². The van der Waals surface area contributed by atoms with Crippen molar-refractivity contribution in [1.82, 2.24) is 20.4 Å². The predicted molar refractivity (Wildman–Crippen MR) is 107 cm³/mol. The zero-order valence-electron chi connectivity index (χ0n) is 15.7. The first kappa shape index (κ1) is 18.7. The maximum Gasteiger partial charge on any atom is 0.263 e.